The van der Waals surface area contributed by atoms with Crippen LogP contribution in [-0.4, -0.2) is 34.7 Å². The first-order valence-corrected chi connectivity index (χ1v) is 6.82. The number of hydrogen-bond acceptors (Lipinski definition) is 4. The highest BCUT2D eigenvalue weighted by molar-refractivity contribution is 7.80. The smallest absolute Gasteiger partial charge is 0.410 e. The van der Waals surface area contributed by atoms with Crippen LogP contribution in [0.2, 0.25) is 0 Å². The highest BCUT2D eigenvalue weighted by Crippen LogP contribution is 2.21. The summed E-state index contributed by atoms with van der Waals surface area (Å²) in [4.78, 5) is 14.0. The average Bonchev–Trinajstić information content (AvgIpc) is 2.26. The van der Waals surface area contributed by atoms with Crippen molar-refractivity contribution in [2.75, 3.05) is 13.1 Å². The van der Waals surface area contributed by atoms with E-state index in [4.69, 9.17) is 28.4 Å². The molecule has 5 nitrogen and oxygen atoms in total. The number of amides is 1. The number of carbonyl (C=O) groups is 1. The normalized spacial score (nSPS) is 16.2. The van der Waals surface area contributed by atoms with Crippen molar-refractivity contribution >= 4 is 23.3 Å². The fourth-order valence-corrected chi connectivity index (χ4v) is 2.08. The Balaban J connectivity index is 2.53. The van der Waals surface area contributed by atoms with E-state index < -0.39 is 5.60 Å². The molecule has 0 saturated carbocycles. The van der Waals surface area contributed by atoms with Gasteiger partial charge in [0.05, 0.1) is 4.99 Å². The zero-order valence-corrected chi connectivity index (χ0v) is 12.7. The lowest BCUT2D eigenvalue weighted by molar-refractivity contribution is 0.0236. The van der Waals surface area contributed by atoms with Crippen LogP contribution in [0.5, 0.6) is 0 Å². The summed E-state index contributed by atoms with van der Waals surface area (Å²) in [6.45, 7) is 6.84. The van der Waals surface area contributed by atoms with Gasteiger partial charge in [-0.1, -0.05) is 12.2 Å². The van der Waals surface area contributed by atoms with Crippen molar-refractivity contribution in [1.29, 1.82) is 0 Å². The first kappa shape index (κ1) is 15.8. The van der Waals surface area contributed by atoms with E-state index in [0.29, 0.717) is 24.5 Å². The highest BCUT2D eigenvalue weighted by Gasteiger charge is 2.25. The zero-order valence-electron chi connectivity index (χ0n) is 11.9. The van der Waals surface area contributed by atoms with Crippen LogP contribution < -0.4 is 11.5 Å². The maximum Gasteiger partial charge on any atom is 0.410 e. The molecule has 0 spiro atoms. The number of hydrogen-bond donors (Lipinski definition) is 2. The maximum absolute atomic E-state index is 11.9. The molecule has 1 aliphatic heterocycles. The molecule has 0 aliphatic carbocycles. The van der Waals surface area contributed by atoms with E-state index in [1.807, 2.05) is 20.8 Å². The van der Waals surface area contributed by atoms with E-state index in [1.165, 1.54) is 0 Å². The van der Waals surface area contributed by atoms with Crippen LogP contribution in [0.15, 0.2) is 11.3 Å². The second kappa shape index (κ2) is 6.23. The van der Waals surface area contributed by atoms with Crippen LogP contribution >= 0.6 is 12.2 Å². The van der Waals surface area contributed by atoms with Crippen molar-refractivity contribution in [3.05, 3.63) is 11.3 Å². The van der Waals surface area contributed by atoms with Gasteiger partial charge >= 0.3 is 6.09 Å². The minimum atomic E-state index is -0.460. The molecule has 0 aromatic heterocycles. The minimum Gasteiger partial charge on any atom is -0.444 e. The Labute approximate surface area is 119 Å². The molecule has 1 heterocycles. The summed E-state index contributed by atoms with van der Waals surface area (Å²) < 4.78 is 5.34. The van der Waals surface area contributed by atoms with Gasteiger partial charge in [-0.05, 0) is 39.2 Å². The van der Waals surface area contributed by atoms with Gasteiger partial charge in [-0.15, -0.1) is 0 Å². The second-order valence-corrected chi connectivity index (χ2v) is 6.26. The van der Waals surface area contributed by atoms with Gasteiger partial charge in [0.25, 0.3) is 0 Å². The lowest BCUT2D eigenvalue weighted by atomic mass is 10.0. The van der Waals surface area contributed by atoms with Crippen molar-refractivity contribution in [1.82, 2.24) is 4.90 Å². The van der Waals surface area contributed by atoms with Crippen LogP contribution in [0.25, 0.3) is 0 Å². The monoisotopic (exact) mass is 285 g/mol. The fraction of sp³-hybridized carbons (Fsp3) is 0.692. The third-order valence-corrected chi connectivity index (χ3v) is 2.98. The van der Waals surface area contributed by atoms with Crippen LogP contribution in [0.1, 0.15) is 40.0 Å². The molecule has 1 saturated heterocycles. The van der Waals surface area contributed by atoms with Gasteiger partial charge in [-0.25, -0.2) is 4.79 Å². The number of ether oxygens (including phenoxy) is 1. The molecule has 0 radical (unpaired) electrons. The molecule has 1 rings (SSSR count). The molecule has 19 heavy (non-hydrogen) atoms. The molecule has 6 heteroatoms. The van der Waals surface area contributed by atoms with Gasteiger partial charge in [0.15, 0.2) is 0 Å². The third kappa shape index (κ3) is 5.46. The van der Waals surface area contributed by atoms with Crippen LogP contribution in [0, 0.1) is 0 Å². The molecule has 0 aromatic carbocycles. The number of nitrogens with zero attached hydrogens (tertiary/aromatic N) is 1. The van der Waals surface area contributed by atoms with Crippen LogP contribution in [0.4, 0.5) is 4.79 Å². The van der Waals surface area contributed by atoms with Gasteiger partial charge in [-0.2, -0.15) is 0 Å². The third-order valence-electron chi connectivity index (χ3n) is 2.84. The Morgan fingerprint density at radius 3 is 2.26 bits per heavy atom. The second-order valence-electron chi connectivity index (χ2n) is 5.74. The SMILES string of the molecule is CC(C)(C)OC(=O)N1CCC(=C(N)CC(N)=S)CC1. The van der Waals surface area contributed by atoms with Gasteiger partial charge in [0.2, 0.25) is 0 Å². The van der Waals surface area contributed by atoms with Crippen LogP contribution in [-0.2, 0) is 4.74 Å². The lowest BCUT2D eigenvalue weighted by Gasteiger charge is -2.31. The topological polar surface area (TPSA) is 81.6 Å². The quantitative estimate of drug-likeness (QED) is 0.757. The molecular weight excluding hydrogens is 262 g/mol. The van der Waals surface area contributed by atoms with Gasteiger partial charge in [0, 0.05) is 25.2 Å². The van der Waals surface area contributed by atoms with E-state index in [-0.39, 0.29) is 6.09 Å². The molecule has 4 N–H and O–H groups in total. The Morgan fingerprint density at radius 1 is 1.32 bits per heavy atom. The molecule has 1 amide bonds. The molecule has 1 aliphatic rings. The summed E-state index contributed by atoms with van der Waals surface area (Å²) >= 11 is 4.84. The van der Waals surface area contributed by atoms with Crippen molar-refractivity contribution in [2.24, 2.45) is 11.5 Å². The first-order chi connectivity index (χ1) is 8.69. The summed E-state index contributed by atoms with van der Waals surface area (Å²) in [6.07, 6.45) is 1.71. The number of thiocarbonyl (C=S) groups is 1. The predicted molar refractivity (Wildman–Crippen MR) is 79.7 cm³/mol. The number of piperidine rings is 1. The van der Waals surface area contributed by atoms with Crippen molar-refractivity contribution in [2.45, 2.75) is 45.6 Å². The van der Waals surface area contributed by atoms with Gasteiger partial charge in [-0.3, -0.25) is 0 Å². The lowest BCUT2D eigenvalue weighted by Crippen LogP contribution is -2.40. The van der Waals surface area contributed by atoms with Gasteiger partial charge < -0.3 is 21.1 Å². The number of rotatable bonds is 2. The molecule has 0 unspecified atom stereocenters. The number of nitrogens with two attached hydrogens (primary N) is 2. The Bertz CT molecular complexity index is 389. The maximum atomic E-state index is 11.9. The summed E-state index contributed by atoms with van der Waals surface area (Å²) in [5.41, 5.74) is 12.9. The van der Waals surface area contributed by atoms with Gasteiger partial charge in [0.1, 0.15) is 5.60 Å². The Morgan fingerprint density at radius 2 is 1.84 bits per heavy atom. The van der Waals surface area contributed by atoms with Crippen molar-refractivity contribution < 1.29 is 9.53 Å². The summed E-state index contributed by atoms with van der Waals surface area (Å²) in [7, 11) is 0. The average molecular weight is 285 g/mol. The summed E-state index contributed by atoms with van der Waals surface area (Å²) in [5.74, 6) is 0. The fourth-order valence-electron chi connectivity index (χ4n) is 1.92. The molecule has 0 bridgehead atoms. The van der Waals surface area contributed by atoms with Crippen LogP contribution in [0.3, 0.4) is 0 Å². The molecule has 0 atom stereocenters. The van der Waals surface area contributed by atoms with Crippen molar-refractivity contribution in [3.63, 3.8) is 0 Å². The standard InChI is InChI=1S/C13H23N3O2S/c1-13(2,3)18-12(17)16-6-4-9(5-7-16)10(14)8-11(15)19/h4-8,14H2,1-3H3,(H2,15,19). The molecule has 0 aromatic rings. The number of likely N-dealkylation sites (tertiary alicyclic amines) is 1. The minimum absolute atomic E-state index is 0.264. The van der Waals surface area contributed by atoms with Crippen molar-refractivity contribution in [3.8, 4) is 0 Å². The predicted octanol–water partition coefficient (Wildman–Crippen LogP) is 1.91. The molecule has 108 valence electrons. The Kier molecular flexibility index (Phi) is 5.17. The van der Waals surface area contributed by atoms with E-state index in [2.05, 4.69) is 0 Å². The molecular formula is C13H23N3O2S. The first-order valence-electron chi connectivity index (χ1n) is 6.41. The summed E-state index contributed by atoms with van der Waals surface area (Å²) in [6, 6.07) is 0. The summed E-state index contributed by atoms with van der Waals surface area (Å²) in [5, 5.41) is 0. The molecule has 1 fully saturated rings. The van der Waals surface area contributed by atoms with E-state index in [0.717, 1.165) is 24.1 Å². The largest absolute Gasteiger partial charge is 0.444 e. The Hall–Kier alpha value is -1.30. The van der Waals surface area contributed by atoms with E-state index in [9.17, 15) is 4.79 Å². The van der Waals surface area contributed by atoms with E-state index >= 15 is 0 Å². The highest BCUT2D eigenvalue weighted by atomic mass is 32.1. The zero-order chi connectivity index (χ0) is 14.6. The number of carbonyl (C=O) groups excluding carboxylic acids is 1. The van der Waals surface area contributed by atoms with E-state index in [1.54, 1.807) is 4.90 Å².